The van der Waals surface area contributed by atoms with Gasteiger partial charge in [0.05, 0.1) is 18.8 Å². The lowest BCUT2D eigenvalue weighted by Gasteiger charge is -2.24. The molecule has 112 valence electrons. The third-order valence-corrected chi connectivity index (χ3v) is 3.11. The van der Waals surface area contributed by atoms with Gasteiger partial charge in [-0.1, -0.05) is 20.8 Å². The third kappa shape index (κ3) is 5.17. The first-order valence-electron chi connectivity index (χ1n) is 6.81. The third-order valence-electron chi connectivity index (χ3n) is 3.11. The Morgan fingerprint density at radius 2 is 2.20 bits per heavy atom. The van der Waals surface area contributed by atoms with Crippen molar-refractivity contribution in [3.05, 3.63) is 23.5 Å². The lowest BCUT2D eigenvalue weighted by molar-refractivity contribution is -0.117. The molecule has 0 saturated carbocycles. The minimum absolute atomic E-state index is 0.0528. The molecule has 1 atom stereocenters. The lowest BCUT2D eigenvalue weighted by Crippen LogP contribution is -2.39. The molecule has 1 heterocycles. The Morgan fingerprint density at radius 3 is 2.65 bits per heavy atom. The minimum Gasteiger partial charge on any atom is -0.394 e. The van der Waals surface area contributed by atoms with E-state index in [1.54, 1.807) is 17.0 Å². The quantitative estimate of drug-likeness (QED) is 0.805. The summed E-state index contributed by atoms with van der Waals surface area (Å²) in [5, 5.41) is 16.2. The second kappa shape index (κ2) is 6.70. The van der Waals surface area contributed by atoms with Crippen LogP contribution in [0.25, 0.3) is 6.08 Å². The van der Waals surface area contributed by atoms with Gasteiger partial charge in [0.25, 0.3) is 0 Å². The van der Waals surface area contributed by atoms with Crippen molar-refractivity contribution in [1.82, 2.24) is 15.1 Å². The molecular weight excluding hydrogens is 254 g/mol. The van der Waals surface area contributed by atoms with Crippen LogP contribution in [-0.2, 0) is 11.8 Å². The van der Waals surface area contributed by atoms with E-state index in [9.17, 15) is 9.90 Å². The van der Waals surface area contributed by atoms with Gasteiger partial charge < -0.3 is 10.4 Å². The number of aliphatic hydroxyl groups excluding tert-OH is 1. The Labute approximate surface area is 120 Å². The van der Waals surface area contributed by atoms with Gasteiger partial charge in [0.15, 0.2) is 0 Å². The van der Waals surface area contributed by atoms with Gasteiger partial charge in [-0.2, -0.15) is 5.10 Å². The van der Waals surface area contributed by atoms with Crippen LogP contribution >= 0.6 is 0 Å². The summed E-state index contributed by atoms with van der Waals surface area (Å²) in [5.41, 5.74) is 1.98. The minimum atomic E-state index is -0.220. The normalized spacial score (nSPS) is 13.7. The van der Waals surface area contributed by atoms with Crippen LogP contribution in [0.5, 0.6) is 0 Å². The van der Waals surface area contributed by atoms with Gasteiger partial charge in [-0.05, 0) is 24.8 Å². The summed E-state index contributed by atoms with van der Waals surface area (Å²) < 4.78 is 1.76. The molecule has 2 N–H and O–H groups in total. The zero-order valence-corrected chi connectivity index (χ0v) is 13.0. The standard InChI is InChI=1S/C15H25N3O2/c1-11-12(9-16-18(11)5)6-7-14(20)17-13(10-19)8-15(2,3)4/h6-7,9,13,19H,8,10H2,1-5H3,(H,17,20)/b7-6+. The average Bonchev–Trinajstić information content (AvgIpc) is 2.65. The van der Waals surface area contributed by atoms with Gasteiger partial charge >= 0.3 is 0 Å². The Bertz CT molecular complexity index is 484. The number of nitrogens with one attached hydrogen (secondary N) is 1. The molecule has 20 heavy (non-hydrogen) atoms. The molecule has 1 aromatic rings. The molecule has 1 amide bonds. The molecule has 0 radical (unpaired) electrons. The number of carbonyl (C=O) groups excluding carboxylic acids is 1. The summed E-state index contributed by atoms with van der Waals surface area (Å²) >= 11 is 0. The van der Waals surface area contributed by atoms with Gasteiger partial charge in [-0.3, -0.25) is 9.48 Å². The Balaban J connectivity index is 2.60. The van der Waals surface area contributed by atoms with Gasteiger partial charge in [0.2, 0.25) is 5.91 Å². The van der Waals surface area contributed by atoms with Gasteiger partial charge in [0, 0.05) is 24.4 Å². The van der Waals surface area contributed by atoms with Crippen molar-refractivity contribution in [1.29, 1.82) is 0 Å². The van der Waals surface area contributed by atoms with E-state index in [2.05, 4.69) is 31.2 Å². The van der Waals surface area contributed by atoms with Crippen molar-refractivity contribution >= 4 is 12.0 Å². The highest BCUT2D eigenvalue weighted by atomic mass is 16.3. The highest BCUT2D eigenvalue weighted by Gasteiger charge is 2.19. The van der Waals surface area contributed by atoms with Crippen molar-refractivity contribution in [2.24, 2.45) is 12.5 Å². The Morgan fingerprint density at radius 1 is 1.55 bits per heavy atom. The largest absolute Gasteiger partial charge is 0.394 e. The summed E-state index contributed by atoms with van der Waals surface area (Å²) in [5.74, 6) is -0.198. The number of aryl methyl sites for hydroxylation is 1. The van der Waals surface area contributed by atoms with Crippen molar-refractivity contribution in [2.45, 2.75) is 40.2 Å². The summed E-state index contributed by atoms with van der Waals surface area (Å²) in [6, 6.07) is -0.220. The van der Waals surface area contributed by atoms with Crippen LogP contribution in [0.1, 0.15) is 38.4 Å². The second-order valence-corrected chi connectivity index (χ2v) is 6.30. The number of carbonyl (C=O) groups is 1. The molecule has 0 fully saturated rings. The second-order valence-electron chi connectivity index (χ2n) is 6.30. The molecule has 5 nitrogen and oxygen atoms in total. The molecule has 0 aliphatic rings. The van der Waals surface area contributed by atoms with Crippen LogP contribution < -0.4 is 5.32 Å². The number of rotatable bonds is 5. The maximum atomic E-state index is 11.9. The monoisotopic (exact) mass is 279 g/mol. The maximum Gasteiger partial charge on any atom is 0.244 e. The fourth-order valence-corrected chi connectivity index (χ4v) is 1.99. The number of aromatic nitrogens is 2. The number of hydrogen-bond acceptors (Lipinski definition) is 3. The van der Waals surface area contributed by atoms with E-state index in [4.69, 9.17) is 0 Å². The molecule has 5 heteroatoms. The fraction of sp³-hybridized carbons (Fsp3) is 0.600. The fourth-order valence-electron chi connectivity index (χ4n) is 1.99. The molecule has 0 aliphatic carbocycles. The Kier molecular flexibility index (Phi) is 5.51. The molecule has 1 rings (SSSR count). The molecule has 0 saturated heterocycles. The summed E-state index contributed by atoms with van der Waals surface area (Å²) in [7, 11) is 1.86. The SMILES string of the molecule is Cc1c(/C=C/C(=O)NC(CO)CC(C)(C)C)cnn1C. The van der Waals surface area contributed by atoms with E-state index in [-0.39, 0.29) is 24.0 Å². The first-order chi connectivity index (χ1) is 9.23. The van der Waals surface area contributed by atoms with E-state index in [0.29, 0.717) is 0 Å². The van der Waals surface area contributed by atoms with Gasteiger partial charge in [-0.15, -0.1) is 0 Å². The van der Waals surface area contributed by atoms with Crippen molar-refractivity contribution in [3.63, 3.8) is 0 Å². The molecule has 1 aromatic heterocycles. The predicted molar refractivity (Wildman–Crippen MR) is 80.1 cm³/mol. The number of amides is 1. The van der Waals surface area contributed by atoms with Crippen LogP contribution in [-0.4, -0.2) is 33.4 Å². The topological polar surface area (TPSA) is 67.2 Å². The molecule has 1 unspecified atom stereocenters. The van der Waals surface area contributed by atoms with Crippen LogP contribution in [0.15, 0.2) is 12.3 Å². The number of hydrogen-bond donors (Lipinski definition) is 2. The molecule has 0 bridgehead atoms. The predicted octanol–water partition coefficient (Wildman–Crippen LogP) is 1.66. The molecular formula is C15H25N3O2. The van der Waals surface area contributed by atoms with Crippen molar-refractivity contribution < 1.29 is 9.90 Å². The van der Waals surface area contributed by atoms with Crippen molar-refractivity contribution in [3.8, 4) is 0 Å². The zero-order chi connectivity index (χ0) is 15.3. The average molecular weight is 279 g/mol. The van der Waals surface area contributed by atoms with Crippen LogP contribution in [0.3, 0.4) is 0 Å². The van der Waals surface area contributed by atoms with Crippen LogP contribution in [0, 0.1) is 12.3 Å². The van der Waals surface area contributed by atoms with Gasteiger partial charge in [0.1, 0.15) is 0 Å². The summed E-state index contributed by atoms with van der Waals surface area (Å²) in [6.07, 6.45) is 5.67. The molecule has 0 aliphatic heterocycles. The zero-order valence-electron chi connectivity index (χ0n) is 13.0. The smallest absolute Gasteiger partial charge is 0.244 e. The first-order valence-corrected chi connectivity index (χ1v) is 6.81. The van der Waals surface area contributed by atoms with Crippen molar-refractivity contribution in [2.75, 3.05) is 6.61 Å². The maximum absolute atomic E-state index is 11.9. The lowest BCUT2D eigenvalue weighted by atomic mass is 9.88. The van der Waals surface area contributed by atoms with E-state index in [1.807, 2.05) is 14.0 Å². The van der Waals surface area contributed by atoms with Crippen LogP contribution in [0.2, 0.25) is 0 Å². The van der Waals surface area contributed by atoms with Crippen LogP contribution in [0.4, 0.5) is 0 Å². The summed E-state index contributed by atoms with van der Waals surface area (Å²) in [4.78, 5) is 11.9. The highest BCUT2D eigenvalue weighted by molar-refractivity contribution is 5.92. The number of nitrogens with zero attached hydrogens (tertiary/aromatic N) is 2. The number of aliphatic hydroxyl groups is 1. The first kappa shape index (κ1) is 16.4. The van der Waals surface area contributed by atoms with E-state index in [1.165, 1.54) is 6.08 Å². The molecule has 0 aromatic carbocycles. The van der Waals surface area contributed by atoms with E-state index >= 15 is 0 Å². The van der Waals surface area contributed by atoms with E-state index < -0.39 is 0 Å². The van der Waals surface area contributed by atoms with Gasteiger partial charge in [-0.25, -0.2) is 0 Å². The highest BCUT2D eigenvalue weighted by Crippen LogP contribution is 2.20. The summed E-state index contributed by atoms with van der Waals surface area (Å²) in [6.45, 7) is 8.13. The molecule has 0 spiro atoms. The van der Waals surface area contributed by atoms with E-state index in [0.717, 1.165) is 17.7 Å². The Hall–Kier alpha value is -1.62.